The molecule has 5 nitrogen and oxygen atoms in total. The smallest absolute Gasteiger partial charge is 0.144 e. The third-order valence-corrected chi connectivity index (χ3v) is 5.89. The second kappa shape index (κ2) is 6.78. The molecule has 0 N–H and O–H groups in total. The van der Waals surface area contributed by atoms with E-state index in [2.05, 4.69) is 63.2 Å². The van der Waals surface area contributed by atoms with Gasteiger partial charge in [-0.15, -0.1) is 0 Å². The van der Waals surface area contributed by atoms with Crippen LogP contribution in [0.15, 0.2) is 46.9 Å². The lowest BCUT2D eigenvalue weighted by atomic mass is 10.2. The van der Waals surface area contributed by atoms with Crippen LogP contribution >= 0.6 is 15.9 Å². The van der Waals surface area contributed by atoms with E-state index in [0.29, 0.717) is 6.61 Å². The molecule has 1 aliphatic rings. The van der Waals surface area contributed by atoms with Crippen molar-refractivity contribution in [2.24, 2.45) is 0 Å². The molecule has 0 spiro atoms. The standard InChI is InChI=1S/C22H21BrN4O/c1-3-17-20(13-27-14(2)24-18-6-4-5-7-19(18)27)26-10-11-28-21-9-8-15(23)12-16(21)22(26)25-17/h4-9,12H,3,10-11,13H2,1-2H3. The minimum atomic E-state index is 0.637. The van der Waals surface area contributed by atoms with E-state index in [1.807, 2.05) is 18.2 Å². The van der Waals surface area contributed by atoms with Crippen molar-refractivity contribution in [1.29, 1.82) is 0 Å². The number of aryl methyl sites for hydroxylation is 2. The van der Waals surface area contributed by atoms with Gasteiger partial charge in [-0.2, -0.15) is 0 Å². The number of halogens is 1. The second-order valence-corrected chi connectivity index (χ2v) is 7.97. The average molecular weight is 437 g/mol. The minimum Gasteiger partial charge on any atom is -0.491 e. The van der Waals surface area contributed by atoms with Gasteiger partial charge in [0.05, 0.1) is 41.1 Å². The number of para-hydroxylation sites is 2. The molecule has 0 bridgehead atoms. The zero-order valence-electron chi connectivity index (χ0n) is 15.9. The summed E-state index contributed by atoms with van der Waals surface area (Å²) >= 11 is 3.59. The van der Waals surface area contributed by atoms with Crippen LogP contribution in [0.2, 0.25) is 0 Å². The Hall–Kier alpha value is -2.60. The molecule has 0 radical (unpaired) electrons. The van der Waals surface area contributed by atoms with Crippen LogP contribution < -0.4 is 4.74 Å². The van der Waals surface area contributed by atoms with Crippen LogP contribution in [0.25, 0.3) is 22.4 Å². The number of hydrogen-bond acceptors (Lipinski definition) is 3. The Balaban J connectivity index is 1.68. The quantitative estimate of drug-likeness (QED) is 0.455. The molecule has 4 aromatic rings. The number of imidazole rings is 2. The Labute approximate surface area is 172 Å². The molecule has 3 heterocycles. The van der Waals surface area contributed by atoms with Gasteiger partial charge in [-0.05, 0) is 43.7 Å². The topological polar surface area (TPSA) is 44.9 Å². The van der Waals surface area contributed by atoms with E-state index < -0.39 is 0 Å². The monoisotopic (exact) mass is 436 g/mol. The van der Waals surface area contributed by atoms with Crippen molar-refractivity contribution in [1.82, 2.24) is 19.1 Å². The number of nitrogens with zero attached hydrogens (tertiary/aromatic N) is 4. The predicted molar refractivity (Wildman–Crippen MR) is 114 cm³/mol. The molecule has 28 heavy (non-hydrogen) atoms. The van der Waals surface area contributed by atoms with Crippen molar-refractivity contribution in [2.45, 2.75) is 33.4 Å². The van der Waals surface area contributed by atoms with E-state index >= 15 is 0 Å². The summed E-state index contributed by atoms with van der Waals surface area (Å²) in [6.07, 6.45) is 0.894. The normalized spacial score (nSPS) is 13.1. The lowest BCUT2D eigenvalue weighted by Crippen LogP contribution is -2.13. The summed E-state index contributed by atoms with van der Waals surface area (Å²) < 4.78 is 11.6. The molecular weight excluding hydrogens is 416 g/mol. The highest BCUT2D eigenvalue weighted by molar-refractivity contribution is 9.10. The van der Waals surface area contributed by atoms with Gasteiger partial charge < -0.3 is 13.9 Å². The number of rotatable bonds is 3. The largest absolute Gasteiger partial charge is 0.491 e. The first-order valence-electron chi connectivity index (χ1n) is 9.58. The molecule has 0 saturated heterocycles. The summed E-state index contributed by atoms with van der Waals surface area (Å²) in [4.78, 5) is 9.76. The first kappa shape index (κ1) is 17.5. The van der Waals surface area contributed by atoms with Crippen molar-refractivity contribution >= 4 is 27.0 Å². The molecule has 142 valence electrons. The van der Waals surface area contributed by atoms with Crippen LogP contribution in [0, 0.1) is 6.92 Å². The second-order valence-electron chi connectivity index (χ2n) is 7.06. The zero-order valence-corrected chi connectivity index (χ0v) is 17.5. The molecule has 0 aliphatic carbocycles. The summed E-state index contributed by atoms with van der Waals surface area (Å²) in [5.74, 6) is 2.90. The van der Waals surface area contributed by atoms with Crippen LogP contribution in [-0.4, -0.2) is 25.7 Å². The third kappa shape index (κ3) is 2.75. The van der Waals surface area contributed by atoms with Gasteiger partial charge >= 0.3 is 0 Å². The van der Waals surface area contributed by atoms with Gasteiger partial charge in [0.15, 0.2) is 0 Å². The van der Waals surface area contributed by atoms with Crippen molar-refractivity contribution in [3.05, 3.63) is 64.1 Å². The van der Waals surface area contributed by atoms with E-state index in [4.69, 9.17) is 14.7 Å². The van der Waals surface area contributed by atoms with Crippen LogP contribution in [0.3, 0.4) is 0 Å². The number of benzene rings is 2. The van der Waals surface area contributed by atoms with Gasteiger partial charge in [0, 0.05) is 4.47 Å². The average Bonchev–Trinajstić information content (AvgIpc) is 3.14. The highest BCUT2D eigenvalue weighted by atomic mass is 79.9. The Morgan fingerprint density at radius 3 is 2.86 bits per heavy atom. The number of fused-ring (bicyclic) bond motifs is 4. The van der Waals surface area contributed by atoms with Crippen molar-refractivity contribution in [2.75, 3.05) is 6.61 Å². The molecule has 6 heteroatoms. The van der Waals surface area contributed by atoms with Crippen LogP contribution in [0.5, 0.6) is 5.75 Å². The Bertz CT molecular complexity index is 1190. The van der Waals surface area contributed by atoms with Crippen molar-refractivity contribution < 1.29 is 4.74 Å². The number of ether oxygens (including phenoxy) is 1. The van der Waals surface area contributed by atoms with Gasteiger partial charge in [-0.25, -0.2) is 9.97 Å². The molecule has 1 aliphatic heterocycles. The number of aromatic nitrogens is 4. The Morgan fingerprint density at radius 2 is 2.00 bits per heavy atom. The van der Waals surface area contributed by atoms with E-state index in [1.165, 1.54) is 5.69 Å². The van der Waals surface area contributed by atoms with Crippen LogP contribution in [0.1, 0.15) is 24.1 Å². The lowest BCUT2D eigenvalue weighted by Gasteiger charge is -2.12. The van der Waals surface area contributed by atoms with Crippen molar-refractivity contribution in [3.8, 4) is 17.1 Å². The molecule has 0 fully saturated rings. The lowest BCUT2D eigenvalue weighted by molar-refractivity contribution is 0.304. The molecule has 2 aromatic carbocycles. The van der Waals surface area contributed by atoms with Crippen molar-refractivity contribution in [3.63, 3.8) is 0 Å². The summed E-state index contributed by atoms with van der Waals surface area (Å²) in [6, 6.07) is 14.4. The first-order valence-corrected chi connectivity index (χ1v) is 10.4. The van der Waals surface area contributed by atoms with Gasteiger partial charge in [-0.3, -0.25) is 0 Å². The summed E-state index contributed by atoms with van der Waals surface area (Å²) in [5.41, 5.74) is 5.61. The SMILES string of the molecule is CCc1nc2n(c1Cn1c(C)nc3ccccc31)CCOc1ccc(Br)cc1-2. The third-order valence-electron chi connectivity index (χ3n) is 5.40. The number of hydrogen-bond donors (Lipinski definition) is 0. The molecular formula is C22H21BrN4O. The minimum absolute atomic E-state index is 0.637. The van der Waals surface area contributed by atoms with Gasteiger partial charge in [-0.1, -0.05) is 35.0 Å². The van der Waals surface area contributed by atoms with Crippen LogP contribution in [-0.2, 0) is 19.5 Å². The Morgan fingerprint density at radius 1 is 1.14 bits per heavy atom. The molecule has 0 amide bonds. The summed E-state index contributed by atoms with van der Waals surface area (Å²) in [5, 5.41) is 0. The Kier molecular flexibility index (Phi) is 4.23. The van der Waals surface area contributed by atoms with Gasteiger partial charge in [0.1, 0.15) is 24.0 Å². The fourth-order valence-corrected chi connectivity index (χ4v) is 4.40. The van der Waals surface area contributed by atoms with E-state index in [0.717, 1.165) is 63.7 Å². The molecule has 0 unspecified atom stereocenters. The fourth-order valence-electron chi connectivity index (χ4n) is 4.04. The van der Waals surface area contributed by atoms with Crippen LogP contribution in [0.4, 0.5) is 0 Å². The zero-order chi connectivity index (χ0) is 19.3. The van der Waals surface area contributed by atoms with E-state index in [9.17, 15) is 0 Å². The highest BCUT2D eigenvalue weighted by Crippen LogP contribution is 2.36. The molecule has 5 rings (SSSR count). The van der Waals surface area contributed by atoms with Gasteiger partial charge in [0.2, 0.25) is 0 Å². The highest BCUT2D eigenvalue weighted by Gasteiger charge is 2.24. The molecule has 0 atom stereocenters. The summed E-state index contributed by atoms with van der Waals surface area (Å²) in [7, 11) is 0. The van der Waals surface area contributed by atoms with Gasteiger partial charge in [0.25, 0.3) is 0 Å². The molecule has 2 aromatic heterocycles. The van der Waals surface area contributed by atoms with E-state index in [-0.39, 0.29) is 0 Å². The first-order chi connectivity index (χ1) is 13.7. The maximum atomic E-state index is 6.00. The fraction of sp³-hybridized carbons (Fsp3) is 0.273. The maximum Gasteiger partial charge on any atom is 0.144 e. The maximum absolute atomic E-state index is 6.00. The summed E-state index contributed by atoms with van der Waals surface area (Å²) in [6.45, 7) is 6.42. The molecule has 0 saturated carbocycles. The van der Waals surface area contributed by atoms with E-state index in [1.54, 1.807) is 0 Å². The predicted octanol–water partition coefficient (Wildman–Crippen LogP) is 4.97.